The summed E-state index contributed by atoms with van der Waals surface area (Å²) in [6, 6.07) is 11.1. The third-order valence-electron chi connectivity index (χ3n) is 7.33. The molecule has 0 aliphatic heterocycles. The van der Waals surface area contributed by atoms with E-state index in [-0.39, 0.29) is 37.0 Å². The lowest BCUT2D eigenvalue weighted by Gasteiger charge is -2.13. The van der Waals surface area contributed by atoms with Gasteiger partial charge in [-0.1, -0.05) is 18.2 Å². The molecule has 0 saturated heterocycles. The van der Waals surface area contributed by atoms with E-state index in [9.17, 15) is 22.8 Å². The number of carbonyl (C=O) groups is 2. The van der Waals surface area contributed by atoms with Crippen molar-refractivity contribution < 1.29 is 84.3 Å². The average molecular weight is 852 g/mol. The molecule has 0 aliphatic rings. The second kappa shape index (κ2) is 35.3. The van der Waals surface area contributed by atoms with Crippen LogP contribution >= 0.6 is 0 Å². The molecule has 1 N–H and O–H groups in total. The molecular weight excluding hydrogens is 791 g/mol. The van der Waals surface area contributed by atoms with Gasteiger partial charge in [0.05, 0.1) is 162 Å². The number of benzene rings is 2. The van der Waals surface area contributed by atoms with Crippen LogP contribution in [-0.2, 0) is 72.6 Å². The highest BCUT2D eigenvalue weighted by molar-refractivity contribution is 5.96. The van der Waals surface area contributed by atoms with Crippen molar-refractivity contribution >= 4 is 23.3 Å². The molecule has 0 fully saturated rings. The van der Waals surface area contributed by atoms with Gasteiger partial charge in [-0.3, -0.25) is 4.79 Å². The number of hydrogen-bond acceptors (Lipinski definition) is 16. The summed E-state index contributed by atoms with van der Waals surface area (Å²) in [6.07, 6.45) is -4.48. The molecule has 19 heteroatoms. The summed E-state index contributed by atoms with van der Waals surface area (Å²) in [6.45, 7) is 10.7. The van der Waals surface area contributed by atoms with Crippen LogP contribution in [0.3, 0.4) is 0 Å². The van der Waals surface area contributed by atoms with Gasteiger partial charge >= 0.3 is 18.1 Å². The number of nitrogens with one attached hydrogen (secondary N) is 1. The standard InChI is InChI=1S/C40H60F3NO15/c1-34(45)58-31-29-56-27-25-54-23-21-52-19-17-50-15-13-48-11-9-47-10-12-49-14-16-51-18-20-53-22-24-55-26-28-57-30-32-59-39(46)37-7-2-3-8-38(37)44-36-6-4-5-35(33-36)40(41,42)43/h2-8,33,44H,9-32H2,1H3. The first-order valence-electron chi connectivity index (χ1n) is 19.5. The predicted octanol–water partition coefficient (Wildman–Crippen LogP) is 4.35. The molecule has 0 unspecified atom stereocenters. The number of esters is 2. The van der Waals surface area contributed by atoms with Gasteiger partial charge in [-0.25, -0.2) is 4.79 Å². The van der Waals surface area contributed by atoms with E-state index in [1.54, 1.807) is 18.2 Å². The fraction of sp³-hybridized carbons (Fsp3) is 0.650. The van der Waals surface area contributed by atoms with Crippen molar-refractivity contribution in [2.45, 2.75) is 13.1 Å². The smallest absolute Gasteiger partial charge is 0.416 e. The van der Waals surface area contributed by atoms with Crippen molar-refractivity contribution in [3.05, 3.63) is 59.7 Å². The molecule has 0 aliphatic carbocycles. The highest BCUT2D eigenvalue weighted by atomic mass is 19.4. The molecule has 0 aromatic heterocycles. The van der Waals surface area contributed by atoms with E-state index in [0.717, 1.165) is 12.1 Å². The quantitative estimate of drug-likeness (QED) is 0.0745. The molecule has 2 rings (SSSR count). The second-order valence-electron chi connectivity index (χ2n) is 12.0. The second-order valence-corrected chi connectivity index (χ2v) is 12.0. The number of halogens is 3. The van der Waals surface area contributed by atoms with Crippen LogP contribution in [0.2, 0.25) is 0 Å². The van der Waals surface area contributed by atoms with Crippen molar-refractivity contribution in [1.29, 1.82) is 0 Å². The molecule has 2 aromatic carbocycles. The SMILES string of the molecule is CC(=O)OCCOCCOCCOCCOCCOCCOCCOCCOCCOCCOCCOCCOC(=O)c1ccccc1Nc1cccc(C(F)(F)F)c1. The summed E-state index contributed by atoms with van der Waals surface area (Å²) in [7, 11) is 0. The highest BCUT2D eigenvalue weighted by Crippen LogP contribution is 2.32. The van der Waals surface area contributed by atoms with Crippen LogP contribution in [-0.4, -0.2) is 171 Å². The van der Waals surface area contributed by atoms with Crippen molar-refractivity contribution in [2.24, 2.45) is 0 Å². The zero-order valence-corrected chi connectivity index (χ0v) is 33.8. The first-order valence-corrected chi connectivity index (χ1v) is 19.5. The molecule has 0 saturated carbocycles. The highest BCUT2D eigenvalue weighted by Gasteiger charge is 2.30. The fourth-order valence-corrected chi connectivity index (χ4v) is 4.52. The molecule has 0 radical (unpaired) electrons. The van der Waals surface area contributed by atoms with Crippen molar-refractivity contribution in [2.75, 3.05) is 164 Å². The Hall–Kier alpha value is -3.47. The minimum atomic E-state index is -4.48. The van der Waals surface area contributed by atoms with Crippen LogP contribution in [0.5, 0.6) is 0 Å². The molecular formula is C40H60F3NO15. The topological polar surface area (TPSA) is 166 Å². The van der Waals surface area contributed by atoms with Gasteiger partial charge in [0.25, 0.3) is 0 Å². The summed E-state index contributed by atoms with van der Waals surface area (Å²) in [5.74, 6) is -0.958. The summed E-state index contributed by atoms with van der Waals surface area (Å²) in [5, 5.41) is 2.86. The Labute approximate surface area is 344 Å². The number of rotatable bonds is 39. The van der Waals surface area contributed by atoms with Gasteiger partial charge in [0.1, 0.15) is 13.2 Å². The number of alkyl halides is 3. The number of anilines is 2. The molecule has 0 heterocycles. The normalized spacial score (nSPS) is 11.5. The van der Waals surface area contributed by atoms with E-state index in [1.165, 1.54) is 25.1 Å². The lowest BCUT2D eigenvalue weighted by molar-refractivity contribution is -0.142. The van der Waals surface area contributed by atoms with Gasteiger partial charge in [0, 0.05) is 12.6 Å². The molecule has 336 valence electrons. The average Bonchev–Trinajstić information content (AvgIpc) is 3.21. The minimum Gasteiger partial charge on any atom is -0.463 e. The number of para-hydroxylation sites is 1. The van der Waals surface area contributed by atoms with Crippen LogP contribution in [0.1, 0.15) is 22.8 Å². The van der Waals surface area contributed by atoms with E-state index < -0.39 is 17.7 Å². The van der Waals surface area contributed by atoms with E-state index in [2.05, 4.69) is 5.32 Å². The summed E-state index contributed by atoms with van der Waals surface area (Å²) < 4.78 is 109. The monoisotopic (exact) mass is 851 g/mol. The lowest BCUT2D eigenvalue weighted by atomic mass is 10.1. The first kappa shape index (κ1) is 51.7. The molecule has 16 nitrogen and oxygen atoms in total. The molecule has 0 spiro atoms. The van der Waals surface area contributed by atoms with E-state index in [1.807, 2.05) is 0 Å². The molecule has 0 amide bonds. The predicted molar refractivity (Wildman–Crippen MR) is 207 cm³/mol. The van der Waals surface area contributed by atoms with Gasteiger partial charge in [-0.2, -0.15) is 13.2 Å². The molecule has 0 atom stereocenters. The summed E-state index contributed by atoms with van der Waals surface area (Å²) >= 11 is 0. The molecule has 2 aromatic rings. The Kier molecular flexibility index (Phi) is 30.9. The van der Waals surface area contributed by atoms with Gasteiger partial charge in [-0.05, 0) is 30.3 Å². The van der Waals surface area contributed by atoms with Crippen LogP contribution in [0.25, 0.3) is 0 Å². The van der Waals surface area contributed by atoms with Crippen LogP contribution in [0, 0.1) is 0 Å². The first-order chi connectivity index (χ1) is 28.8. The zero-order chi connectivity index (χ0) is 42.5. The van der Waals surface area contributed by atoms with Crippen LogP contribution < -0.4 is 5.32 Å². The van der Waals surface area contributed by atoms with Crippen LogP contribution in [0.15, 0.2) is 48.5 Å². The Bertz CT molecular complexity index is 1340. The van der Waals surface area contributed by atoms with Crippen LogP contribution in [0.4, 0.5) is 24.5 Å². The van der Waals surface area contributed by atoms with Crippen molar-refractivity contribution in [3.8, 4) is 0 Å². The number of ether oxygens (including phenoxy) is 13. The van der Waals surface area contributed by atoms with Gasteiger partial charge in [-0.15, -0.1) is 0 Å². The lowest BCUT2D eigenvalue weighted by Crippen LogP contribution is -2.16. The number of carbonyl (C=O) groups excluding carboxylic acids is 2. The molecule has 59 heavy (non-hydrogen) atoms. The maximum atomic E-state index is 13.1. The Balaban J connectivity index is 1.25. The third kappa shape index (κ3) is 29.4. The van der Waals surface area contributed by atoms with E-state index in [0.29, 0.717) is 144 Å². The van der Waals surface area contributed by atoms with Crippen molar-refractivity contribution in [3.63, 3.8) is 0 Å². The number of hydrogen-bond donors (Lipinski definition) is 1. The van der Waals surface area contributed by atoms with E-state index in [4.69, 9.17) is 61.6 Å². The van der Waals surface area contributed by atoms with Crippen molar-refractivity contribution in [1.82, 2.24) is 0 Å². The summed E-state index contributed by atoms with van der Waals surface area (Å²) in [4.78, 5) is 23.2. The largest absolute Gasteiger partial charge is 0.463 e. The van der Waals surface area contributed by atoms with Gasteiger partial charge in [0.2, 0.25) is 0 Å². The maximum absolute atomic E-state index is 13.1. The van der Waals surface area contributed by atoms with E-state index >= 15 is 0 Å². The Morgan fingerprint density at radius 3 is 1.15 bits per heavy atom. The van der Waals surface area contributed by atoms with Gasteiger partial charge < -0.3 is 66.9 Å². The fourth-order valence-electron chi connectivity index (χ4n) is 4.52. The third-order valence-corrected chi connectivity index (χ3v) is 7.33. The minimum absolute atomic E-state index is 0.00807. The Morgan fingerprint density at radius 1 is 0.458 bits per heavy atom. The molecule has 0 bridgehead atoms. The van der Waals surface area contributed by atoms with Gasteiger partial charge in [0.15, 0.2) is 0 Å². The Morgan fingerprint density at radius 2 is 0.797 bits per heavy atom. The summed E-state index contributed by atoms with van der Waals surface area (Å²) in [5.41, 5.74) is -0.108. The maximum Gasteiger partial charge on any atom is 0.416 e. The zero-order valence-electron chi connectivity index (χ0n) is 33.8.